The molecule has 1 aromatic heterocycles. The van der Waals surface area contributed by atoms with Gasteiger partial charge >= 0.3 is 0 Å². The molecule has 0 spiro atoms. The van der Waals surface area contributed by atoms with Crippen LogP contribution in [0.4, 0.5) is 4.39 Å². The number of aromatic nitrogens is 2. The molecule has 90 valence electrons. The molecule has 0 amide bonds. The first kappa shape index (κ1) is 13.3. The third kappa shape index (κ3) is 3.99. The number of halogens is 2. The Morgan fingerprint density at radius 2 is 2.06 bits per heavy atom. The van der Waals surface area contributed by atoms with Crippen LogP contribution in [0.5, 0.6) is 0 Å². The van der Waals surface area contributed by atoms with Gasteiger partial charge in [-0.25, -0.2) is 22.8 Å². The fourth-order valence-electron chi connectivity index (χ4n) is 1.07. The van der Waals surface area contributed by atoms with Crippen molar-refractivity contribution < 1.29 is 17.5 Å². The Hall–Kier alpha value is -0.790. The van der Waals surface area contributed by atoms with Gasteiger partial charge in [-0.15, -0.1) is 0 Å². The molecule has 0 saturated heterocycles. The van der Waals surface area contributed by atoms with Crippen molar-refractivity contribution in [2.75, 3.05) is 13.7 Å². The second kappa shape index (κ2) is 5.51. The quantitative estimate of drug-likeness (QED) is 0.737. The molecular formula is C8H10ClFN2O3S. The summed E-state index contributed by atoms with van der Waals surface area (Å²) in [4.78, 5) is 7.30. The van der Waals surface area contributed by atoms with Gasteiger partial charge in [0.1, 0.15) is 11.1 Å². The Kier molecular flexibility index (Phi) is 4.57. The summed E-state index contributed by atoms with van der Waals surface area (Å²) in [5.74, 6) is -0.381. The van der Waals surface area contributed by atoms with Crippen LogP contribution in [0.1, 0.15) is 5.82 Å². The molecule has 0 aliphatic carbocycles. The third-order valence-electron chi connectivity index (χ3n) is 1.83. The van der Waals surface area contributed by atoms with Crippen molar-refractivity contribution in [1.82, 2.24) is 9.97 Å². The molecule has 1 aromatic rings. The van der Waals surface area contributed by atoms with E-state index in [1.165, 1.54) is 7.11 Å². The van der Waals surface area contributed by atoms with Crippen LogP contribution in [0.15, 0.2) is 12.4 Å². The topological polar surface area (TPSA) is 69.2 Å². The zero-order chi connectivity index (χ0) is 12.2. The first-order valence-electron chi connectivity index (χ1n) is 4.32. The number of hydrogen-bond acceptors (Lipinski definition) is 5. The molecule has 1 rings (SSSR count). The fourth-order valence-corrected chi connectivity index (χ4v) is 2.06. The average Bonchev–Trinajstić information content (AvgIpc) is 2.19. The molecule has 5 nitrogen and oxygen atoms in total. The van der Waals surface area contributed by atoms with Gasteiger partial charge in [-0.1, -0.05) is 0 Å². The van der Waals surface area contributed by atoms with Gasteiger partial charge in [0, 0.05) is 24.2 Å². The first-order valence-corrected chi connectivity index (χ1v) is 6.69. The van der Waals surface area contributed by atoms with Gasteiger partial charge in [0.2, 0.25) is 9.05 Å². The molecule has 0 aliphatic rings. The summed E-state index contributed by atoms with van der Waals surface area (Å²) in [7, 11) is 2.82. The van der Waals surface area contributed by atoms with Gasteiger partial charge in [0.15, 0.2) is 5.82 Å². The van der Waals surface area contributed by atoms with Crippen molar-refractivity contribution in [3.8, 4) is 0 Å². The van der Waals surface area contributed by atoms with E-state index < -0.39 is 20.1 Å². The van der Waals surface area contributed by atoms with Crippen LogP contribution in [-0.4, -0.2) is 37.4 Å². The lowest BCUT2D eigenvalue weighted by molar-refractivity contribution is 0.196. The molecule has 1 heterocycles. The maximum Gasteiger partial charge on any atom is 0.238 e. The van der Waals surface area contributed by atoms with Gasteiger partial charge in [0.25, 0.3) is 0 Å². The smallest absolute Gasteiger partial charge is 0.238 e. The molecule has 0 aliphatic heterocycles. The standard InChI is InChI=1S/C8H10ClFN2O3S/c1-15-5-7(16(9,13)14)2-8-11-3-6(10)4-12-8/h3-4,7H,2,5H2,1H3/t7-/m0/s1. The zero-order valence-corrected chi connectivity index (χ0v) is 10.0. The van der Waals surface area contributed by atoms with Crippen molar-refractivity contribution in [2.45, 2.75) is 11.7 Å². The summed E-state index contributed by atoms with van der Waals surface area (Å²) in [6.07, 6.45) is 1.92. The SMILES string of the molecule is COC[C@H](Cc1ncc(F)cn1)S(=O)(=O)Cl. The summed E-state index contributed by atoms with van der Waals surface area (Å²) in [6.45, 7) is -0.0629. The highest BCUT2D eigenvalue weighted by atomic mass is 35.7. The van der Waals surface area contributed by atoms with Crippen LogP contribution in [0.2, 0.25) is 0 Å². The molecule has 0 radical (unpaired) electrons. The molecule has 16 heavy (non-hydrogen) atoms. The van der Waals surface area contributed by atoms with Crippen molar-refractivity contribution in [3.63, 3.8) is 0 Å². The Balaban J connectivity index is 2.80. The molecule has 0 saturated carbocycles. The minimum atomic E-state index is -3.76. The van der Waals surface area contributed by atoms with Crippen molar-refractivity contribution in [1.29, 1.82) is 0 Å². The minimum absolute atomic E-state index is 0.0139. The van der Waals surface area contributed by atoms with Gasteiger partial charge in [-0.2, -0.15) is 0 Å². The lowest BCUT2D eigenvalue weighted by atomic mass is 10.3. The van der Waals surface area contributed by atoms with E-state index in [0.717, 1.165) is 12.4 Å². The largest absolute Gasteiger partial charge is 0.383 e. The van der Waals surface area contributed by atoms with Crippen LogP contribution >= 0.6 is 10.7 Å². The molecule has 0 fully saturated rings. The second-order valence-electron chi connectivity index (χ2n) is 3.07. The van der Waals surface area contributed by atoms with Crippen LogP contribution in [0.25, 0.3) is 0 Å². The maximum atomic E-state index is 12.5. The van der Waals surface area contributed by atoms with Crippen molar-refractivity contribution in [3.05, 3.63) is 24.0 Å². The molecule has 1 atom stereocenters. The summed E-state index contributed by atoms with van der Waals surface area (Å²) in [6, 6.07) is 0. The monoisotopic (exact) mass is 268 g/mol. The van der Waals surface area contributed by atoms with Crippen LogP contribution in [-0.2, 0) is 20.2 Å². The normalized spacial score (nSPS) is 13.7. The van der Waals surface area contributed by atoms with E-state index in [0.29, 0.717) is 0 Å². The third-order valence-corrected chi connectivity index (χ3v) is 3.69. The second-order valence-corrected chi connectivity index (χ2v) is 5.98. The van der Waals surface area contributed by atoms with E-state index in [1.54, 1.807) is 0 Å². The summed E-state index contributed by atoms with van der Waals surface area (Å²) < 4.78 is 39.5. The predicted octanol–water partition coefficient (Wildman–Crippen LogP) is 0.742. The molecular weight excluding hydrogens is 259 g/mol. The highest BCUT2D eigenvalue weighted by molar-refractivity contribution is 8.14. The summed E-state index contributed by atoms with van der Waals surface area (Å²) in [5.41, 5.74) is 0. The van der Waals surface area contributed by atoms with E-state index in [9.17, 15) is 12.8 Å². The highest BCUT2D eigenvalue weighted by Gasteiger charge is 2.24. The number of methoxy groups -OCH3 is 1. The molecule has 8 heteroatoms. The maximum absolute atomic E-state index is 12.5. The summed E-state index contributed by atoms with van der Waals surface area (Å²) in [5, 5.41) is -0.940. The Morgan fingerprint density at radius 3 is 2.50 bits per heavy atom. The fraction of sp³-hybridized carbons (Fsp3) is 0.500. The molecule has 0 bridgehead atoms. The van der Waals surface area contributed by atoms with E-state index in [2.05, 4.69) is 9.97 Å². The van der Waals surface area contributed by atoms with Gasteiger partial charge in [-0.3, -0.25) is 0 Å². The number of nitrogens with zero attached hydrogens (tertiary/aromatic N) is 2. The average molecular weight is 269 g/mol. The van der Waals surface area contributed by atoms with Gasteiger partial charge < -0.3 is 4.74 Å². The zero-order valence-electron chi connectivity index (χ0n) is 8.43. The van der Waals surface area contributed by atoms with Gasteiger partial charge in [0.05, 0.1) is 19.0 Å². The van der Waals surface area contributed by atoms with Crippen LogP contribution in [0, 0.1) is 5.82 Å². The lowest BCUT2D eigenvalue weighted by Crippen LogP contribution is -2.25. The molecule has 0 N–H and O–H groups in total. The van der Waals surface area contributed by atoms with E-state index in [-0.39, 0.29) is 18.9 Å². The Bertz CT molecular complexity index is 437. The van der Waals surface area contributed by atoms with E-state index in [4.69, 9.17) is 15.4 Å². The van der Waals surface area contributed by atoms with Crippen molar-refractivity contribution >= 4 is 19.7 Å². The number of ether oxygens (including phenoxy) is 1. The van der Waals surface area contributed by atoms with Crippen LogP contribution < -0.4 is 0 Å². The Morgan fingerprint density at radius 1 is 1.50 bits per heavy atom. The van der Waals surface area contributed by atoms with E-state index in [1.807, 2.05) is 0 Å². The lowest BCUT2D eigenvalue weighted by Gasteiger charge is -2.10. The van der Waals surface area contributed by atoms with Crippen LogP contribution in [0.3, 0.4) is 0 Å². The summed E-state index contributed by atoms with van der Waals surface area (Å²) >= 11 is 0. The van der Waals surface area contributed by atoms with E-state index >= 15 is 0 Å². The Labute approximate surface area is 97.0 Å². The highest BCUT2D eigenvalue weighted by Crippen LogP contribution is 2.12. The first-order chi connectivity index (χ1) is 7.43. The number of rotatable bonds is 5. The van der Waals surface area contributed by atoms with Crippen molar-refractivity contribution in [2.24, 2.45) is 0 Å². The number of hydrogen-bond donors (Lipinski definition) is 0. The van der Waals surface area contributed by atoms with Gasteiger partial charge in [-0.05, 0) is 0 Å². The minimum Gasteiger partial charge on any atom is -0.383 e. The molecule has 0 unspecified atom stereocenters. The predicted molar refractivity (Wildman–Crippen MR) is 56.1 cm³/mol. The molecule has 0 aromatic carbocycles.